The Morgan fingerprint density at radius 1 is 0.421 bits per heavy atom. The predicted octanol–water partition coefficient (Wildman–Crippen LogP) is 19.4. The molecule has 2 aromatic heterocycles. The second-order valence-electron chi connectivity index (χ2n) is 38.7. The van der Waals surface area contributed by atoms with Crippen molar-refractivity contribution in [2.45, 2.75) is 166 Å². The van der Waals surface area contributed by atoms with Gasteiger partial charge in [0.05, 0.1) is 113 Å². The normalized spacial score (nSPS) is 22.6. The summed E-state index contributed by atoms with van der Waals surface area (Å²) in [6, 6.07) is 48.6. The first kappa shape index (κ1) is 109. The predicted molar refractivity (Wildman–Crippen MR) is 538 cm³/mol. The monoisotopic (exact) mass is 2180 g/mol. The Kier molecular flexibility index (Phi) is 29.5. The number of phenolic OH excluding ortho intramolecular Hbond substituents is 2. The highest BCUT2D eigenvalue weighted by molar-refractivity contribution is 9.10. The number of fused-ring (bicyclic) bond motifs is 4. The van der Waals surface area contributed by atoms with Crippen molar-refractivity contribution < 1.29 is 112 Å². The average Bonchev–Trinajstić information content (AvgIpc) is 1.50. The number of aromatic hydroxyl groups is 2. The lowest BCUT2D eigenvalue weighted by atomic mass is 9.49. The van der Waals surface area contributed by atoms with Crippen molar-refractivity contribution in [3.8, 4) is 63.6 Å². The van der Waals surface area contributed by atoms with Crippen LogP contribution in [0.5, 0.6) is 23.1 Å². The highest BCUT2D eigenvalue weighted by Gasteiger charge is 2.66. The largest absolute Gasteiger partial charge is 0.508 e. The van der Waals surface area contributed by atoms with Gasteiger partial charge in [0.2, 0.25) is 5.15 Å². The molecule has 0 bridgehead atoms. The third-order valence-corrected chi connectivity index (χ3v) is 35.5. The number of aromatic nitrogens is 2. The number of benzene rings is 7. The second-order valence-corrected chi connectivity index (χ2v) is 48.0. The van der Waals surface area contributed by atoms with Crippen molar-refractivity contribution in [1.29, 1.82) is 15.8 Å². The Hall–Kier alpha value is -11.7. The summed E-state index contributed by atoms with van der Waals surface area (Å²) in [5, 5.41) is 46.5. The molecule has 9 aromatic rings. The molecule has 9 heterocycles. The van der Waals surface area contributed by atoms with Gasteiger partial charge in [-0.2, -0.15) is 49.5 Å². The number of rotatable bonds is 14. The molecule has 20 rings (SSSR count). The molecule has 7 fully saturated rings. The summed E-state index contributed by atoms with van der Waals surface area (Å²) in [4.78, 5) is 14.1. The van der Waals surface area contributed by atoms with E-state index in [9.17, 15) is 84.4 Å². The standard InChI is InChI=1S/C24H17F2N5O3S.C18H15F2N3O3S.C17H23BF2N2O4S.C12H24B2O4.C11H11BrF2N2O2S.C7H4ClNO.C6H3ClN2/c1-28-22-4-3-5-23(29-22)34-18-8-6-16(13-27)19(11-18)15-7-9-20-21(10-15)30(2)35(32,33)31(20)14-17-12-24(17,25)26;1-22-17-6-11(15-7-14(24)4-2-12(15)9-21)3-5-16(17)23(27(22,25)26)10-13-8-18(13,19)20;1-15(2)16(3,4)26-18(25-15)12-6-7-13-14(8-12)21(5)27(23,24)22(13)10-11-9-17(11,19)20;1-9(2)10(3,4)16-13(15-9)14-17-11(5,6)12(7,8)18-14;1-15-10-4-8(12)2-3-9(10)16(19(15,17)18)6-7-5-11(7,13)14;8-7-3-6(10)2-1-5(7)4-9;1-8-6-4-2-3-5(7)9-6/h3-11,17H,12,14H2,2H3;2-7,13,24H,8,10H2,1H3;6-8,11H,9-10H2,1-5H3;1-8H3;2-4,7H,5-6H2,1H3;1-3,10H;2-4H. The van der Waals surface area contributed by atoms with Crippen LogP contribution in [0.4, 0.5) is 92.3 Å². The molecular weight excluding hydrogens is 2090 g/mol. The van der Waals surface area contributed by atoms with Crippen molar-refractivity contribution in [2.75, 3.05) is 88.8 Å². The number of alkyl halides is 8. The van der Waals surface area contributed by atoms with Crippen LogP contribution in [0.1, 0.15) is 125 Å². The Morgan fingerprint density at radius 2 is 0.745 bits per heavy atom. The van der Waals surface area contributed by atoms with Crippen LogP contribution in [0.2, 0.25) is 10.2 Å². The number of hydrogen-bond donors (Lipinski definition) is 2. The van der Waals surface area contributed by atoms with Crippen LogP contribution in [0.15, 0.2) is 168 Å². The van der Waals surface area contributed by atoms with Gasteiger partial charge in [-0.05, 0) is 239 Å². The van der Waals surface area contributed by atoms with Gasteiger partial charge >= 0.3 is 67.9 Å². The van der Waals surface area contributed by atoms with Crippen LogP contribution < -0.4 is 44.6 Å². The Labute approximate surface area is 855 Å². The van der Waals surface area contributed by atoms with Crippen LogP contribution in [0.25, 0.3) is 31.9 Å². The number of ether oxygens (including phenoxy) is 1. The van der Waals surface area contributed by atoms with Crippen molar-refractivity contribution >= 4 is 164 Å². The van der Waals surface area contributed by atoms with Gasteiger partial charge in [-0.3, -0.25) is 34.4 Å². The van der Waals surface area contributed by atoms with Crippen molar-refractivity contribution in [3.05, 3.63) is 218 Å². The maximum atomic E-state index is 13.5. The summed E-state index contributed by atoms with van der Waals surface area (Å²) >= 11 is 14.3. The van der Waals surface area contributed by atoms with Gasteiger partial charge in [0.15, 0.2) is 0 Å². The Balaban J connectivity index is 0.000000139. The van der Waals surface area contributed by atoms with Gasteiger partial charge in [-0.25, -0.2) is 35.1 Å². The zero-order valence-electron chi connectivity index (χ0n) is 80.8. The van der Waals surface area contributed by atoms with E-state index in [-0.39, 0.29) is 102 Å². The summed E-state index contributed by atoms with van der Waals surface area (Å²) < 4.78 is 258. The van der Waals surface area contributed by atoms with Crippen molar-refractivity contribution in [3.63, 3.8) is 0 Å². The van der Waals surface area contributed by atoms with Gasteiger partial charge in [0.25, 0.3) is 35.3 Å². The average molecular weight is 2180 g/mol. The fourth-order valence-electron chi connectivity index (χ4n) is 15.9. The molecular formula is C95H97B3BrCl2F8N15O17S4. The third kappa shape index (κ3) is 22.2. The lowest BCUT2D eigenvalue weighted by Crippen LogP contribution is -2.41. The van der Waals surface area contributed by atoms with Crippen LogP contribution in [-0.2, 0) is 68.8 Å². The summed E-state index contributed by atoms with van der Waals surface area (Å²) in [7, 11) is -11.5. The molecule has 4 unspecified atom stereocenters. The van der Waals surface area contributed by atoms with Crippen LogP contribution in [-0.4, -0.2) is 187 Å². The van der Waals surface area contributed by atoms with Gasteiger partial charge in [-0.1, -0.05) is 76.0 Å². The van der Waals surface area contributed by atoms with E-state index in [1.165, 1.54) is 70.7 Å². The Morgan fingerprint density at radius 3 is 1.10 bits per heavy atom. The number of nitriles is 3. The number of hydrogen-bond acceptors (Lipinski definition) is 22. The molecule has 764 valence electrons. The molecule has 4 saturated carbocycles. The van der Waals surface area contributed by atoms with E-state index >= 15 is 0 Å². The van der Waals surface area contributed by atoms with E-state index < -0.39 is 121 Å². The summed E-state index contributed by atoms with van der Waals surface area (Å²) in [5.74, 6) is -13.8. The highest BCUT2D eigenvalue weighted by Crippen LogP contribution is 2.57. The molecule has 7 aromatic carbocycles. The smallest absolute Gasteiger partial charge is 0.494 e. The fourth-order valence-corrected chi connectivity index (χ4v) is 22.5. The van der Waals surface area contributed by atoms with E-state index in [1.54, 1.807) is 121 Å². The minimum Gasteiger partial charge on any atom is -0.508 e. The van der Waals surface area contributed by atoms with Crippen molar-refractivity contribution in [2.24, 2.45) is 23.7 Å². The lowest BCUT2D eigenvalue weighted by Gasteiger charge is -2.32. The molecule has 145 heavy (non-hydrogen) atoms. The maximum Gasteiger partial charge on any atom is 0.494 e. The molecule has 0 radical (unpaired) electrons. The van der Waals surface area contributed by atoms with Gasteiger partial charge in [0, 0.05) is 125 Å². The van der Waals surface area contributed by atoms with E-state index in [0.29, 0.717) is 107 Å². The lowest BCUT2D eigenvalue weighted by molar-refractivity contribution is 0.00578. The number of halogens is 11. The van der Waals surface area contributed by atoms with Crippen LogP contribution in [0, 0.1) is 70.8 Å². The number of pyridine rings is 2. The fraction of sp³-hybridized carbons (Fsp3) is 0.400. The first-order valence-corrected chi connectivity index (χ1v) is 51.9. The molecule has 0 amide bonds. The van der Waals surface area contributed by atoms with Crippen molar-refractivity contribution in [1.82, 2.24) is 9.97 Å². The van der Waals surface area contributed by atoms with E-state index in [2.05, 4.69) is 41.7 Å². The molecule has 50 heteroatoms. The number of anilines is 8. The summed E-state index contributed by atoms with van der Waals surface area (Å²) in [5.41, 5.74) is 4.38. The SMILES string of the molecule is CC1(C)OB(B2OC(C)(C)C(C)(C)O2)OC1(C)C.CN1c2cc(-c3cc(O)ccc3C#N)ccc2N(CC2CC2(F)F)S1(=O)=O.CN1c2cc(B3OC(C)(C)C(C)(C)O3)ccc2N(CC2CC2(F)F)S1(=O)=O.CN1c2cc(Br)ccc2N(CC2CC2(F)F)S1(=O)=O.N#Cc1ccc(O)cc1Cl.[C-]#[N+]c1cccc(Cl)n1.[C-]#[N+]c1cccc(Oc2ccc(C#N)c(-c3ccc4c(c3)N(C)S(=O)(=O)N4CC3CC3(F)F)c2)n1. The second kappa shape index (κ2) is 39.2. The molecule has 11 aliphatic rings. The van der Waals surface area contributed by atoms with Crippen LogP contribution >= 0.6 is 39.1 Å². The molecule has 32 nitrogen and oxygen atoms in total. The zero-order chi connectivity index (χ0) is 107. The van der Waals surface area contributed by atoms with Gasteiger partial charge in [-0.15, -0.1) is 4.98 Å². The van der Waals surface area contributed by atoms with E-state index in [4.69, 9.17) is 79.4 Å². The maximum absolute atomic E-state index is 13.5. The van der Waals surface area contributed by atoms with Crippen LogP contribution in [0.3, 0.4) is 0 Å². The summed E-state index contributed by atoms with van der Waals surface area (Å²) in [6.45, 7) is 36.6. The number of nitrogens with zero attached hydrogens (tertiary/aromatic N) is 15. The minimum atomic E-state index is -3.99. The minimum absolute atomic E-state index is 0.0249. The first-order valence-electron chi connectivity index (χ1n) is 44.8. The topological polar surface area (TPSA) is 373 Å². The van der Waals surface area contributed by atoms with Gasteiger partial charge < -0.3 is 52.6 Å². The highest BCUT2D eigenvalue weighted by atomic mass is 79.9. The first-order chi connectivity index (χ1) is 67.2. The molecule has 0 spiro atoms. The Bertz CT molecular complexity index is 7280. The molecule has 4 aliphatic carbocycles. The molecule has 4 atom stereocenters. The molecule has 3 saturated heterocycles. The summed E-state index contributed by atoms with van der Waals surface area (Å²) in [6.07, 6.45) is -1.16. The zero-order valence-corrected chi connectivity index (χ0v) is 87.2. The quantitative estimate of drug-likeness (QED) is 0.0442. The third-order valence-electron chi connectivity index (χ3n) is 27.3. The van der Waals surface area contributed by atoms with E-state index in [0.717, 1.165) is 38.9 Å². The molecule has 7 aliphatic heterocycles. The van der Waals surface area contributed by atoms with Gasteiger partial charge in [0.1, 0.15) is 23.3 Å². The van der Waals surface area contributed by atoms with E-state index in [1.807, 2.05) is 95.2 Å². The number of phenols is 2. The molecule has 2 N–H and O–H groups in total.